The van der Waals surface area contributed by atoms with Crippen molar-refractivity contribution < 1.29 is 23.5 Å². The number of nitrogens with one attached hydrogen (secondary N) is 2. The van der Waals surface area contributed by atoms with E-state index in [2.05, 4.69) is 10.3 Å². The second kappa shape index (κ2) is 8.39. The Kier molecular flexibility index (Phi) is 5.51. The van der Waals surface area contributed by atoms with E-state index in [4.69, 9.17) is 0 Å². The fourth-order valence-corrected chi connectivity index (χ4v) is 5.51. The number of carbonyl (C=O) groups is 2. The highest BCUT2D eigenvalue weighted by Gasteiger charge is 2.48. The number of rotatable bonds is 2. The molecule has 1 aromatic heterocycles. The zero-order valence-electron chi connectivity index (χ0n) is 18.8. The Morgan fingerprint density at radius 2 is 1.91 bits per heavy atom. The number of likely N-dealkylation sites (tertiary alicyclic amines) is 1. The minimum atomic E-state index is -0.545. The molecule has 0 radical (unpaired) electrons. The Morgan fingerprint density at radius 3 is 2.59 bits per heavy atom. The van der Waals surface area contributed by atoms with Crippen LogP contribution in [0, 0.1) is 11.6 Å². The number of carbonyl (C=O) groups excluding carboxylic acids is 2. The van der Waals surface area contributed by atoms with Crippen LogP contribution in [0.2, 0.25) is 0 Å². The average Bonchev–Trinajstić information content (AvgIpc) is 3.20. The SMILES string of the molecule is CC(=O)N1CC2(CCN(C(=O)Nc3ccccc3F)CC2)c2c([nH]c3cc(F)ccc23)C1CO. The van der Waals surface area contributed by atoms with Gasteiger partial charge in [0.25, 0.3) is 0 Å². The molecule has 3 aromatic rings. The molecule has 178 valence electrons. The lowest BCUT2D eigenvalue weighted by Gasteiger charge is -2.50. The lowest BCUT2D eigenvalue weighted by Crippen LogP contribution is -2.55. The highest BCUT2D eigenvalue weighted by molar-refractivity contribution is 5.90. The molecule has 1 atom stereocenters. The van der Waals surface area contributed by atoms with E-state index >= 15 is 0 Å². The van der Waals surface area contributed by atoms with Crippen molar-refractivity contribution in [2.75, 3.05) is 31.6 Å². The number of aliphatic hydroxyl groups is 1. The fourth-order valence-electron chi connectivity index (χ4n) is 5.51. The van der Waals surface area contributed by atoms with Gasteiger partial charge in [0.15, 0.2) is 0 Å². The van der Waals surface area contributed by atoms with Crippen molar-refractivity contribution in [3.63, 3.8) is 0 Å². The maximum Gasteiger partial charge on any atom is 0.321 e. The van der Waals surface area contributed by atoms with E-state index in [0.29, 0.717) is 43.7 Å². The second-order valence-corrected chi connectivity index (χ2v) is 9.13. The minimum absolute atomic E-state index is 0.125. The first kappa shape index (κ1) is 22.3. The van der Waals surface area contributed by atoms with Crippen LogP contribution in [-0.4, -0.2) is 58.1 Å². The standard InChI is InChI=1S/C25H26F2N4O3/c1-15(33)31-14-25(22-17-7-6-16(26)12-20(17)28-23(22)21(31)13-32)8-10-30(11-9-25)24(34)29-19-5-3-2-4-18(19)27/h2-7,12,21,28,32H,8-11,13-14H2,1H3,(H,29,34). The maximum atomic E-state index is 14.0. The Bertz CT molecular complexity index is 1270. The van der Waals surface area contributed by atoms with Gasteiger partial charge in [-0.1, -0.05) is 12.1 Å². The van der Waals surface area contributed by atoms with Gasteiger partial charge in [-0.05, 0) is 48.7 Å². The topological polar surface area (TPSA) is 88.7 Å². The Morgan fingerprint density at radius 1 is 1.18 bits per heavy atom. The fraction of sp³-hybridized carbons (Fsp3) is 0.360. The van der Waals surface area contributed by atoms with E-state index in [1.54, 1.807) is 28.0 Å². The highest BCUT2D eigenvalue weighted by atomic mass is 19.1. The third-order valence-corrected chi connectivity index (χ3v) is 7.20. The summed E-state index contributed by atoms with van der Waals surface area (Å²) in [6.45, 7) is 2.43. The quantitative estimate of drug-likeness (QED) is 0.533. The molecule has 3 amide bonds. The summed E-state index contributed by atoms with van der Waals surface area (Å²) in [5.74, 6) is -1.03. The van der Waals surface area contributed by atoms with Crippen LogP contribution < -0.4 is 5.32 Å². The van der Waals surface area contributed by atoms with Crippen LogP contribution >= 0.6 is 0 Å². The normalized spacial score (nSPS) is 19.4. The zero-order chi connectivity index (χ0) is 24.0. The van der Waals surface area contributed by atoms with Crippen LogP contribution in [-0.2, 0) is 10.2 Å². The van der Waals surface area contributed by atoms with Gasteiger partial charge in [0.1, 0.15) is 11.6 Å². The average molecular weight is 469 g/mol. The first-order chi connectivity index (χ1) is 16.3. The Hall–Kier alpha value is -3.46. The number of fused-ring (bicyclic) bond motifs is 4. The molecule has 2 aliphatic rings. The van der Waals surface area contributed by atoms with Gasteiger partial charge < -0.3 is 25.2 Å². The van der Waals surface area contributed by atoms with Crippen molar-refractivity contribution in [2.24, 2.45) is 0 Å². The number of hydrogen-bond acceptors (Lipinski definition) is 3. The summed E-state index contributed by atoms with van der Waals surface area (Å²) in [4.78, 5) is 31.9. The molecule has 34 heavy (non-hydrogen) atoms. The van der Waals surface area contributed by atoms with Crippen LogP contribution in [0.5, 0.6) is 0 Å². The van der Waals surface area contributed by atoms with Crippen LogP contribution in [0.15, 0.2) is 42.5 Å². The van der Waals surface area contributed by atoms with Crippen LogP contribution in [0.4, 0.5) is 19.3 Å². The molecule has 2 aliphatic heterocycles. The number of piperidine rings is 1. The van der Waals surface area contributed by atoms with Crippen LogP contribution in [0.3, 0.4) is 0 Å². The number of anilines is 1. The van der Waals surface area contributed by atoms with Crippen molar-refractivity contribution in [2.45, 2.75) is 31.2 Å². The highest BCUT2D eigenvalue weighted by Crippen LogP contribution is 2.48. The molecular formula is C25H26F2N4O3. The van der Waals surface area contributed by atoms with Crippen molar-refractivity contribution in [1.29, 1.82) is 0 Å². The second-order valence-electron chi connectivity index (χ2n) is 9.13. The molecule has 1 spiro atoms. The summed E-state index contributed by atoms with van der Waals surface area (Å²) < 4.78 is 27.9. The summed E-state index contributed by atoms with van der Waals surface area (Å²) in [7, 11) is 0. The van der Waals surface area contributed by atoms with E-state index in [0.717, 1.165) is 10.9 Å². The van der Waals surface area contributed by atoms with Gasteiger partial charge in [0, 0.05) is 48.6 Å². The lowest BCUT2D eigenvalue weighted by molar-refractivity contribution is -0.134. The number of hydrogen-bond donors (Lipinski definition) is 3. The predicted molar refractivity (Wildman–Crippen MR) is 123 cm³/mol. The molecule has 3 N–H and O–H groups in total. The van der Waals surface area contributed by atoms with E-state index in [9.17, 15) is 23.5 Å². The van der Waals surface area contributed by atoms with Crippen molar-refractivity contribution in [3.05, 3.63) is 65.4 Å². The van der Waals surface area contributed by atoms with E-state index in [1.807, 2.05) is 0 Å². The zero-order valence-corrected chi connectivity index (χ0v) is 18.8. The molecule has 7 nitrogen and oxygen atoms in total. The van der Waals surface area contributed by atoms with Crippen molar-refractivity contribution >= 4 is 28.5 Å². The Labute approximate surface area is 195 Å². The van der Waals surface area contributed by atoms with Gasteiger partial charge in [-0.2, -0.15) is 0 Å². The first-order valence-corrected chi connectivity index (χ1v) is 11.3. The van der Waals surface area contributed by atoms with Crippen LogP contribution in [0.25, 0.3) is 10.9 Å². The molecule has 9 heteroatoms. The molecule has 0 bridgehead atoms. The summed E-state index contributed by atoms with van der Waals surface area (Å²) in [6.07, 6.45) is 1.13. The van der Waals surface area contributed by atoms with E-state index in [1.165, 1.54) is 31.2 Å². The third-order valence-electron chi connectivity index (χ3n) is 7.20. The molecule has 3 heterocycles. The van der Waals surface area contributed by atoms with Gasteiger partial charge in [0.05, 0.1) is 18.3 Å². The number of aromatic nitrogens is 1. The maximum absolute atomic E-state index is 14.0. The number of aliphatic hydroxyl groups excluding tert-OH is 1. The van der Waals surface area contributed by atoms with Gasteiger partial charge in [0.2, 0.25) is 5.91 Å². The first-order valence-electron chi connectivity index (χ1n) is 11.3. The van der Waals surface area contributed by atoms with E-state index < -0.39 is 17.3 Å². The predicted octanol–water partition coefficient (Wildman–Crippen LogP) is 3.91. The molecular weight excluding hydrogens is 442 g/mol. The number of amides is 3. The summed E-state index contributed by atoms with van der Waals surface area (Å²) in [5.41, 5.74) is 1.98. The smallest absolute Gasteiger partial charge is 0.321 e. The number of para-hydroxylation sites is 1. The molecule has 2 aromatic carbocycles. The third kappa shape index (κ3) is 3.60. The number of aromatic amines is 1. The van der Waals surface area contributed by atoms with Crippen LogP contribution in [0.1, 0.15) is 37.1 Å². The number of halogens is 2. The number of nitrogens with zero attached hydrogens (tertiary/aromatic N) is 2. The molecule has 1 fully saturated rings. The van der Waals surface area contributed by atoms with Gasteiger partial charge in [-0.3, -0.25) is 4.79 Å². The van der Waals surface area contributed by atoms with Gasteiger partial charge in [-0.25, -0.2) is 13.6 Å². The number of urea groups is 1. The largest absolute Gasteiger partial charge is 0.394 e. The number of benzene rings is 2. The van der Waals surface area contributed by atoms with Gasteiger partial charge in [-0.15, -0.1) is 0 Å². The van der Waals surface area contributed by atoms with Gasteiger partial charge >= 0.3 is 6.03 Å². The van der Waals surface area contributed by atoms with Crippen molar-refractivity contribution in [1.82, 2.24) is 14.8 Å². The molecule has 5 rings (SSSR count). The van der Waals surface area contributed by atoms with Crippen molar-refractivity contribution in [3.8, 4) is 0 Å². The summed E-state index contributed by atoms with van der Waals surface area (Å²) in [5, 5.41) is 13.6. The molecule has 1 saturated heterocycles. The molecule has 0 saturated carbocycles. The minimum Gasteiger partial charge on any atom is -0.394 e. The monoisotopic (exact) mass is 468 g/mol. The molecule has 1 unspecified atom stereocenters. The number of H-pyrrole nitrogens is 1. The lowest BCUT2D eigenvalue weighted by atomic mass is 9.68. The summed E-state index contributed by atoms with van der Waals surface area (Å²) in [6, 6.07) is 9.65. The molecule has 0 aliphatic carbocycles. The van der Waals surface area contributed by atoms with E-state index in [-0.39, 0.29) is 30.0 Å². The Balaban J connectivity index is 1.47. The summed E-state index contributed by atoms with van der Waals surface area (Å²) >= 11 is 0.